The van der Waals surface area contributed by atoms with Gasteiger partial charge >= 0.3 is 0 Å². The van der Waals surface area contributed by atoms with E-state index >= 15 is 0 Å². The van der Waals surface area contributed by atoms with E-state index in [1.807, 2.05) is 6.07 Å². The molecule has 74 valence electrons. The smallest absolute Gasteiger partial charge is 0.153 e. The Balaban J connectivity index is 2.09. The van der Waals surface area contributed by atoms with Gasteiger partial charge in [-0.05, 0) is 18.2 Å². The second-order valence-corrected chi connectivity index (χ2v) is 3.98. The number of hydrogen-bond acceptors (Lipinski definition) is 3. The first-order valence-corrected chi connectivity index (χ1v) is 5.08. The van der Waals surface area contributed by atoms with Crippen LogP contribution in [0.1, 0.15) is 10.4 Å². The lowest BCUT2D eigenvalue weighted by Crippen LogP contribution is -2.05. The normalized spacial score (nSPS) is 19.1. The lowest BCUT2D eigenvalue weighted by atomic mass is 10.2. The monoisotopic (exact) mass is 256 g/mol. The van der Waals surface area contributed by atoms with Gasteiger partial charge in [-0.3, -0.25) is 4.79 Å². The van der Waals surface area contributed by atoms with E-state index < -0.39 is 0 Å². The summed E-state index contributed by atoms with van der Waals surface area (Å²) in [5, 5.41) is 0. The summed E-state index contributed by atoms with van der Waals surface area (Å²) in [6, 6.07) is 5.35. The molecule has 0 N–H and O–H groups in total. The van der Waals surface area contributed by atoms with Crippen molar-refractivity contribution in [2.45, 2.75) is 6.10 Å². The molecule has 1 atom stereocenters. The summed E-state index contributed by atoms with van der Waals surface area (Å²) >= 11 is 3.29. The van der Waals surface area contributed by atoms with Crippen LogP contribution in [0, 0.1) is 0 Å². The van der Waals surface area contributed by atoms with Gasteiger partial charge in [0, 0.05) is 4.47 Å². The van der Waals surface area contributed by atoms with E-state index in [9.17, 15) is 4.79 Å². The maximum atomic E-state index is 10.7. The molecular weight excluding hydrogens is 248 g/mol. The number of halogens is 1. The number of ether oxygens (including phenoxy) is 2. The summed E-state index contributed by atoms with van der Waals surface area (Å²) in [6.07, 6.45) is 0.992. The first-order valence-electron chi connectivity index (χ1n) is 4.29. The van der Waals surface area contributed by atoms with Gasteiger partial charge in [0.05, 0.1) is 12.2 Å². The molecule has 0 aliphatic carbocycles. The molecule has 0 spiro atoms. The number of epoxide rings is 1. The zero-order valence-electron chi connectivity index (χ0n) is 7.40. The zero-order valence-corrected chi connectivity index (χ0v) is 8.99. The van der Waals surface area contributed by atoms with Crippen molar-refractivity contribution >= 4 is 22.2 Å². The Labute approximate surface area is 90.1 Å². The first kappa shape index (κ1) is 9.68. The molecule has 0 radical (unpaired) electrons. The van der Waals surface area contributed by atoms with Gasteiger partial charge in [-0.25, -0.2) is 0 Å². The number of carbonyl (C=O) groups excluding carboxylic acids is 1. The van der Waals surface area contributed by atoms with Crippen molar-refractivity contribution in [3.05, 3.63) is 28.2 Å². The standard InChI is InChI=1S/C10H9BrO3/c11-8-1-2-10(7(3-8)4-12)14-6-9-5-13-9/h1-4,9H,5-6H2/t9-/m0/s1. The minimum Gasteiger partial charge on any atom is -0.490 e. The minimum atomic E-state index is 0.207. The van der Waals surface area contributed by atoms with E-state index in [4.69, 9.17) is 9.47 Å². The maximum absolute atomic E-state index is 10.7. The SMILES string of the molecule is O=Cc1cc(Br)ccc1OC[C@@H]1CO1. The molecule has 1 aromatic rings. The number of aldehydes is 1. The molecule has 14 heavy (non-hydrogen) atoms. The lowest BCUT2D eigenvalue weighted by Gasteiger charge is -2.06. The molecule has 4 heteroatoms. The van der Waals surface area contributed by atoms with Gasteiger partial charge in [-0.15, -0.1) is 0 Å². The number of hydrogen-bond donors (Lipinski definition) is 0. The molecule has 1 aliphatic rings. The van der Waals surface area contributed by atoms with Crippen molar-refractivity contribution in [3.8, 4) is 5.75 Å². The highest BCUT2D eigenvalue weighted by atomic mass is 79.9. The summed E-state index contributed by atoms with van der Waals surface area (Å²) in [4.78, 5) is 10.7. The number of rotatable bonds is 4. The molecule has 1 fully saturated rings. The topological polar surface area (TPSA) is 38.8 Å². The average Bonchev–Trinajstić information content (AvgIpc) is 2.99. The third kappa shape index (κ3) is 2.33. The van der Waals surface area contributed by atoms with Crippen molar-refractivity contribution in [1.29, 1.82) is 0 Å². The van der Waals surface area contributed by atoms with Gasteiger partial charge in [0.25, 0.3) is 0 Å². The molecule has 2 rings (SSSR count). The van der Waals surface area contributed by atoms with Crippen LogP contribution in [0.15, 0.2) is 22.7 Å². The highest BCUT2D eigenvalue weighted by Crippen LogP contribution is 2.22. The molecule has 1 heterocycles. The van der Waals surface area contributed by atoms with Crippen molar-refractivity contribution in [3.63, 3.8) is 0 Å². The van der Waals surface area contributed by atoms with Gasteiger partial charge in [0.2, 0.25) is 0 Å². The molecule has 1 aliphatic heterocycles. The van der Waals surface area contributed by atoms with E-state index in [-0.39, 0.29) is 6.10 Å². The Morgan fingerprint density at radius 3 is 3.07 bits per heavy atom. The van der Waals surface area contributed by atoms with Gasteiger partial charge in [-0.1, -0.05) is 15.9 Å². The third-order valence-electron chi connectivity index (χ3n) is 1.93. The second-order valence-electron chi connectivity index (χ2n) is 3.07. The quantitative estimate of drug-likeness (QED) is 0.612. The van der Waals surface area contributed by atoms with Crippen LogP contribution < -0.4 is 4.74 Å². The second kappa shape index (κ2) is 4.11. The summed E-state index contributed by atoms with van der Waals surface area (Å²) in [7, 11) is 0. The fourth-order valence-corrected chi connectivity index (χ4v) is 1.47. The van der Waals surface area contributed by atoms with Crippen LogP contribution in [-0.2, 0) is 4.74 Å². The predicted molar refractivity (Wildman–Crippen MR) is 54.8 cm³/mol. The highest BCUT2D eigenvalue weighted by molar-refractivity contribution is 9.10. The summed E-state index contributed by atoms with van der Waals surface area (Å²) in [6.45, 7) is 1.27. The highest BCUT2D eigenvalue weighted by Gasteiger charge is 2.23. The zero-order chi connectivity index (χ0) is 9.97. The first-order chi connectivity index (χ1) is 6.79. The molecular formula is C10H9BrO3. The molecule has 0 amide bonds. The van der Waals surface area contributed by atoms with Crippen molar-refractivity contribution < 1.29 is 14.3 Å². The van der Waals surface area contributed by atoms with Gasteiger partial charge in [-0.2, -0.15) is 0 Å². The molecule has 1 saturated heterocycles. The Kier molecular flexibility index (Phi) is 2.84. The van der Waals surface area contributed by atoms with E-state index in [1.165, 1.54) is 0 Å². The van der Waals surface area contributed by atoms with E-state index in [2.05, 4.69) is 15.9 Å². The summed E-state index contributed by atoms with van der Waals surface area (Å²) in [5.41, 5.74) is 0.556. The van der Waals surface area contributed by atoms with Crippen LogP contribution in [0.4, 0.5) is 0 Å². The fraction of sp³-hybridized carbons (Fsp3) is 0.300. The fourth-order valence-electron chi connectivity index (χ4n) is 1.09. The van der Waals surface area contributed by atoms with Crippen LogP contribution in [0.5, 0.6) is 5.75 Å². The van der Waals surface area contributed by atoms with Crippen LogP contribution >= 0.6 is 15.9 Å². The van der Waals surface area contributed by atoms with E-state index in [0.29, 0.717) is 17.9 Å². The van der Waals surface area contributed by atoms with Crippen molar-refractivity contribution in [2.24, 2.45) is 0 Å². The van der Waals surface area contributed by atoms with Crippen molar-refractivity contribution in [1.82, 2.24) is 0 Å². The van der Waals surface area contributed by atoms with Crippen LogP contribution in [0.25, 0.3) is 0 Å². The average molecular weight is 257 g/mol. The van der Waals surface area contributed by atoms with E-state index in [0.717, 1.165) is 17.4 Å². The Hall–Kier alpha value is -0.870. The third-order valence-corrected chi connectivity index (χ3v) is 2.42. The van der Waals surface area contributed by atoms with Crippen LogP contribution in [0.3, 0.4) is 0 Å². The Morgan fingerprint density at radius 2 is 2.43 bits per heavy atom. The molecule has 3 nitrogen and oxygen atoms in total. The van der Waals surface area contributed by atoms with Crippen molar-refractivity contribution in [2.75, 3.05) is 13.2 Å². The van der Waals surface area contributed by atoms with Gasteiger partial charge in [0.15, 0.2) is 6.29 Å². The number of carbonyl (C=O) groups is 1. The molecule has 0 saturated carbocycles. The largest absolute Gasteiger partial charge is 0.490 e. The molecule has 0 unspecified atom stereocenters. The predicted octanol–water partition coefficient (Wildman–Crippen LogP) is 2.04. The minimum absolute atomic E-state index is 0.207. The maximum Gasteiger partial charge on any atom is 0.153 e. The summed E-state index contributed by atoms with van der Waals surface area (Å²) < 4.78 is 11.3. The summed E-state index contributed by atoms with van der Waals surface area (Å²) in [5.74, 6) is 0.610. The van der Waals surface area contributed by atoms with E-state index in [1.54, 1.807) is 12.1 Å². The van der Waals surface area contributed by atoms with Crippen LogP contribution in [-0.4, -0.2) is 25.6 Å². The van der Waals surface area contributed by atoms with Crippen LogP contribution in [0.2, 0.25) is 0 Å². The van der Waals surface area contributed by atoms with Gasteiger partial charge < -0.3 is 9.47 Å². The molecule has 0 aromatic heterocycles. The molecule has 0 bridgehead atoms. The Morgan fingerprint density at radius 1 is 1.64 bits per heavy atom. The molecule has 1 aromatic carbocycles. The van der Waals surface area contributed by atoms with Gasteiger partial charge in [0.1, 0.15) is 18.5 Å². The lowest BCUT2D eigenvalue weighted by molar-refractivity contribution is 0.111. The Bertz CT molecular complexity index is 347. The number of benzene rings is 1.